The third kappa shape index (κ3) is 3.12. The molecule has 0 aliphatic carbocycles. The number of alkyl halides is 1. The largest absolute Gasteiger partial charge is 0.481 e. The van der Waals surface area contributed by atoms with Gasteiger partial charge in [0.15, 0.2) is 0 Å². The minimum atomic E-state index is 0.646. The maximum Gasteiger partial charge on any atom is 0.214 e. The first-order valence-electron chi connectivity index (χ1n) is 6.19. The molecule has 0 bridgehead atoms. The number of ether oxygens (including phenoxy) is 1. The van der Waals surface area contributed by atoms with Crippen LogP contribution in [0, 0.1) is 0 Å². The van der Waals surface area contributed by atoms with E-state index in [0.29, 0.717) is 11.9 Å². The Kier molecular flexibility index (Phi) is 4.66. The predicted molar refractivity (Wildman–Crippen MR) is 74.2 cm³/mol. The van der Waals surface area contributed by atoms with Gasteiger partial charge in [-0.05, 0) is 31.7 Å². The van der Waals surface area contributed by atoms with Gasteiger partial charge in [0.05, 0.1) is 7.11 Å². The van der Waals surface area contributed by atoms with Crippen molar-refractivity contribution in [2.45, 2.75) is 31.7 Å². The first kappa shape index (κ1) is 12.7. The molecule has 0 aromatic carbocycles. The van der Waals surface area contributed by atoms with Crippen LogP contribution in [-0.4, -0.2) is 30.0 Å². The molecule has 2 rings (SSSR count). The molecule has 0 amide bonds. The van der Waals surface area contributed by atoms with Crippen LogP contribution < -0.4 is 9.64 Å². The number of nitrogens with zero attached hydrogens (tertiary/aromatic N) is 2. The minimum Gasteiger partial charge on any atom is -0.481 e. The molecule has 0 radical (unpaired) electrons. The highest BCUT2D eigenvalue weighted by Gasteiger charge is 2.25. The lowest BCUT2D eigenvalue weighted by Crippen LogP contribution is -2.29. The van der Waals surface area contributed by atoms with Gasteiger partial charge in [0.2, 0.25) is 5.88 Å². The van der Waals surface area contributed by atoms with Crippen LogP contribution in [0.1, 0.15) is 25.7 Å². The SMILES string of the molecule is COc1cccc(N2CCCC2CCCBr)n1. The second-order valence-electron chi connectivity index (χ2n) is 4.36. The third-order valence-corrected chi connectivity index (χ3v) is 3.82. The summed E-state index contributed by atoms with van der Waals surface area (Å²) in [6.07, 6.45) is 5.02. The molecule has 4 heteroatoms. The van der Waals surface area contributed by atoms with Crippen LogP contribution in [0.5, 0.6) is 5.88 Å². The van der Waals surface area contributed by atoms with Gasteiger partial charge < -0.3 is 9.64 Å². The number of methoxy groups -OCH3 is 1. The molecule has 94 valence electrons. The van der Waals surface area contributed by atoms with E-state index < -0.39 is 0 Å². The Labute approximate surface area is 111 Å². The van der Waals surface area contributed by atoms with Crippen molar-refractivity contribution in [3.63, 3.8) is 0 Å². The summed E-state index contributed by atoms with van der Waals surface area (Å²) in [4.78, 5) is 6.95. The number of pyridine rings is 1. The topological polar surface area (TPSA) is 25.4 Å². The van der Waals surface area contributed by atoms with E-state index >= 15 is 0 Å². The number of aromatic nitrogens is 1. The van der Waals surface area contributed by atoms with Crippen LogP contribution >= 0.6 is 15.9 Å². The fourth-order valence-corrected chi connectivity index (χ4v) is 2.75. The van der Waals surface area contributed by atoms with Crippen molar-refractivity contribution in [2.75, 3.05) is 23.9 Å². The number of rotatable bonds is 5. The molecule has 0 saturated carbocycles. The van der Waals surface area contributed by atoms with E-state index in [1.165, 1.54) is 25.7 Å². The lowest BCUT2D eigenvalue weighted by molar-refractivity contribution is 0.397. The summed E-state index contributed by atoms with van der Waals surface area (Å²) >= 11 is 3.50. The monoisotopic (exact) mass is 298 g/mol. The summed E-state index contributed by atoms with van der Waals surface area (Å²) in [6.45, 7) is 1.12. The van der Waals surface area contributed by atoms with E-state index in [0.717, 1.165) is 17.7 Å². The van der Waals surface area contributed by atoms with Crippen molar-refractivity contribution in [1.82, 2.24) is 4.98 Å². The molecule has 3 nitrogen and oxygen atoms in total. The molecule has 1 aromatic rings. The summed E-state index contributed by atoms with van der Waals surface area (Å²) < 4.78 is 5.19. The molecule has 1 unspecified atom stereocenters. The second-order valence-corrected chi connectivity index (χ2v) is 5.15. The van der Waals surface area contributed by atoms with Gasteiger partial charge in [-0.2, -0.15) is 4.98 Å². The molecule has 17 heavy (non-hydrogen) atoms. The molecule has 0 N–H and O–H groups in total. The van der Waals surface area contributed by atoms with Crippen molar-refractivity contribution in [1.29, 1.82) is 0 Å². The van der Waals surface area contributed by atoms with Crippen LogP contribution in [0.15, 0.2) is 18.2 Å². The van der Waals surface area contributed by atoms with E-state index in [1.54, 1.807) is 7.11 Å². The molecular weight excluding hydrogens is 280 g/mol. The van der Waals surface area contributed by atoms with Crippen LogP contribution in [0.3, 0.4) is 0 Å². The van der Waals surface area contributed by atoms with Crippen LogP contribution in [0.2, 0.25) is 0 Å². The van der Waals surface area contributed by atoms with Crippen LogP contribution in [-0.2, 0) is 0 Å². The summed E-state index contributed by atoms with van der Waals surface area (Å²) in [5.41, 5.74) is 0. The van der Waals surface area contributed by atoms with Gasteiger partial charge in [-0.3, -0.25) is 0 Å². The zero-order chi connectivity index (χ0) is 12.1. The summed E-state index contributed by atoms with van der Waals surface area (Å²) in [6, 6.07) is 6.63. The van der Waals surface area contributed by atoms with E-state index in [-0.39, 0.29) is 0 Å². The Morgan fingerprint density at radius 1 is 1.53 bits per heavy atom. The number of hydrogen-bond acceptors (Lipinski definition) is 3. The number of anilines is 1. The normalized spacial score (nSPS) is 19.6. The Morgan fingerprint density at radius 2 is 2.41 bits per heavy atom. The Morgan fingerprint density at radius 3 is 3.18 bits per heavy atom. The molecule has 1 aliphatic heterocycles. The van der Waals surface area contributed by atoms with Crippen molar-refractivity contribution < 1.29 is 4.74 Å². The van der Waals surface area contributed by atoms with Gasteiger partial charge in [-0.15, -0.1) is 0 Å². The lowest BCUT2D eigenvalue weighted by atomic mass is 10.1. The number of halogens is 1. The minimum absolute atomic E-state index is 0.646. The molecule has 1 atom stereocenters. The summed E-state index contributed by atoms with van der Waals surface area (Å²) in [5.74, 6) is 1.76. The predicted octanol–water partition coefficient (Wildman–Crippen LogP) is 3.23. The maximum absolute atomic E-state index is 5.19. The van der Waals surface area contributed by atoms with Crippen molar-refractivity contribution in [3.8, 4) is 5.88 Å². The van der Waals surface area contributed by atoms with Gasteiger partial charge in [-0.1, -0.05) is 22.0 Å². The van der Waals surface area contributed by atoms with Crippen molar-refractivity contribution in [3.05, 3.63) is 18.2 Å². The molecule has 1 saturated heterocycles. The van der Waals surface area contributed by atoms with Gasteiger partial charge in [0.1, 0.15) is 5.82 Å². The molecule has 1 aliphatic rings. The lowest BCUT2D eigenvalue weighted by Gasteiger charge is -2.25. The molecular formula is C13H19BrN2O. The maximum atomic E-state index is 5.19. The van der Waals surface area contributed by atoms with Gasteiger partial charge >= 0.3 is 0 Å². The standard InChI is InChI=1S/C13H19BrN2O/c1-17-13-8-2-7-12(15-13)16-10-4-6-11(16)5-3-9-14/h2,7-8,11H,3-6,9-10H2,1H3. The van der Waals surface area contributed by atoms with E-state index in [4.69, 9.17) is 4.74 Å². The zero-order valence-corrected chi connectivity index (χ0v) is 11.8. The Balaban J connectivity index is 2.08. The third-order valence-electron chi connectivity index (χ3n) is 3.26. The first-order valence-corrected chi connectivity index (χ1v) is 7.31. The smallest absolute Gasteiger partial charge is 0.214 e. The number of hydrogen-bond donors (Lipinski definition) is 0. The van der Waals surface area contributed by atoms with E-state index in [9.17, 15) is 0 Å². The highest BCUT2D eigenvalue weighted by molar-refractivity contribution is 9.09. The molecule has 2 heterocycles. The summed E-state index contributed by atoms with van der Waals surface area (Å²) in [7, 11) is 1.67. The van der Waals surface area contributed by atoms with Gasteiger partial charge in [0.25, 0.3) is 0 Å². The molecule has 0 spiro atoms. The fraction of sp³-hybridized carbons (Fsp3) is 0.615. The highest BCUT2D eigenvalue weighted by atomic mass is 79.9. The average Bonchev–Trinajstić information content (AvgIpc) is 2.84. The molecule has 1 fully saturated rings. The highest BCUT2D eigenvalue weighted by Crippen LogP contribution is 2.27. The van der Waals surface area contributed by atoms with Crippen molar-refractivity contribution >= 4 is 21.7 Å². The average molecular weight is 299 g/mol. The van der Waals surface area contributed by atoms with E-state index in [2.05, 4.69) is 31.9 Å². The van der Waals surface area contributed by atoms with Crippen molar-refractivity contribution in [2.24, 2.45) is 0 Å². The van der Waals surface area contributed by atoms with Crippen LogP contribution in [0.25, 0.3) is 0 Å². The first-order chi connectivity index (χ1) is 8.35. The molecule has 1 aromatic heterocycles. The second kappa shape index (κ2) is 6.24. The quantitative estimate of drug-likeness (QED) is 0.781. The van der Waals surface area contributed by atoms with Gasteiger partial charge in [-0.25, -0.2) is 0 Å². The van der Waals surface area contributed by atoms with Crippen LogP contribution in [0.4, 0.5) is 5.82 Å². The Hall–Kier alpha value is -0.770. The Bertz CT molecular complexity index is 359. The zero-order valence-electron chi connectivity index (χ0n) is 10.2. The summed E-state index contributed by atoms with van der Waals surface area (Å²) in [5, 5.41) is 1.09. The van der Waals surface area contributed by atoms with E-state index in [1.807, 2.05) is 12.1 Å². The fourth-order valence-electron chi connectivity index (χ4n) is 2.43. The van der Waals surface area contributed by atoms with Gasteiger partial charge in [0, 0.05) is 24.0 Å².